The number of likely N-dealkylation sites (N-methyl/N-ethyl adjacent to an activating group) is 1. The third kappa shape index (κ3) is 4.71. The minimum absolute atomic E-state index is 0.0105. The molecule has 0 aliphatic heterocycles. The molecule has 0 radical (unpaired) electrons. The van der Waals surface area contributed by atoms with Gasteiger partial charge < -0.3 is 14.8 Å². The summed E-state index contributed by atoms with van der Waals surface area (Å²) in [5.41, 5.74) is 0.422. The predicted octanol–water partition coefficient (Wildman–Crippen LogP) is 1.82. The Hall–Kier alpha value is -2.15. The molecule has 0 aliphatic rings. The van der Waals surface area contributed by atoms with Gasteiger partial charge in [0.15, 0.2) is 0 Å². The number of hydrogen-bond donors (Lipinski definition) is 1. The molecule has 0 heterocycles. The van der Waals surface area contributed by atoms with Gasteiger partial charge >= 0.3 is 5.97 Å². The zero-order valence-corrected chi connectivity index (χ0v) is 12.4. The molecule has 1 unspecified atom stereocenters. The molecular weight excluding hydrogens is 276 g/mol. The van der Waals surface area contributed by atoms with Crippen LogP contribution in [0.4, 0.5) is 5.69 Å². The molecule has 0 bridgehead atoms. The minimum atomic E-state index is -0.603. The van der Waals surface area contributed by atoms with Crippen molar-refractivity contribution in [1.29, 1.82) is 0 Å². The van der Waals surface area contributed by atoms with E-state index >= 15 is 0 Å². The van der Waals surface area contributed by atoms with Crippen molar-refractivity contribution in [3.05, 3.63) is 33.9 Å². The van der Waals surface area contributed by atoms with E-state index in [0.717, 1.165) is 0 Å². The number of nitrogens with one attached hydrogen (secondary N) is 1. The molecule has 0 aliphatic carbocycles. The molecule has 7 heteroatoms. The summed E-state index contributed by atoms with van der Waals surface area (Å²) < 4.78 is 10.5. The van der Waals surface area contributed by atoms with Gasteiger partial charge in [-0.05, 0) is 26.5 Å². The zero-order chi connectivity index (χ0) is 15.8. The van der Waals surface area contributed by atoms with Crippen LogP contribution in [0.5, 0.6) is 5.75 Å². The minimum Gasteiger partial charge on any atom is -0.491 e. The fourth-order valence-electron chi connectivity index (χ4n) is 1.83. The molecule has 1 N–H and O–H groups in total. The van der Waals surface area contributed by atoms with Gasteiger partial charge in [-0.1, -0.05) is 13.0 Å². The van der Waals surface area contributed by atoms with E-state index in [1.54, 1.807) is 26.0 Å². The van der Waals surface area contributed by atoms with E-state index in [-0.39, 0.29) is 18.9 Å². The normalized spacial score (nSPS) is 11.8. The Bertz CT molecular complexity index is 504. The summed E-state index contributed by atoms with van der Waals surface area (Å²) in [6, 6.07) is 3.99. The third-order valence-electron chi connectivity index (χ3n) is 2.88. The van der Waals surface area contributed by atoms with E-state index in [9.17, 15) is 14.9 Å². The van der Waals surface area contributed by atoms with Crippen molar-refractivity contribution in [2.24, 2.45) is 0 Å². The highest BCUT2D eigenvalue weighted by Crippen LogP contribution is 2.27. The molecule has 1 atom stereocenters. The average Bonchev–Trinajstić information content (AvgIpc) is 2.44. The maximum absolute atomic E-state index is 11.7. The van der Waals surface area contributed by atoms with Gasteiger partial charge in [-0.2, -0.15) is 0 Å². The van der Waals surface area contributed by atoms with Crippen molar-refractivity contribution >= 4 is 11.7 Å². The number of ether oxygens (including phenoxy) is 2. The number of hydrogen-bond acceptors (Lipinski definition) is 6. The quantitative estimate of drug-likeness (QED) is 0.447. The van der Waals surface area contributed by atoms with Crippen LogP contribution in [0.2, 0.25) is 0 Å². The smallest absolute Gasteiger partial charge is 0.326 e. The summed E-state index contributed by atoms with van der Waals surface area (Å²) in [5.74, 6) is -0.0150. The van der Waals surface area contributed by atoms with Gasteiger partial charge in [-0.25, -0.2) is 0 Å². The van der Waals surface area contributed by atoms with Crippen molar-refractivity contribution < 1.29 is 19.2 Å². The number of nitro benzene ring substituents is 1. The lowest BCUT2D eigenvalue weighted by Gasteiger charge is -2.17. The van der Waals surface area contributed by atoms with Crippen LogP contribution in [-0.2, 0) is 9.53 Å². The Labute approximate surface area is 123 Å². The SMILES string of the molecule is CCNC(COc1cccc([N+](=O)[O-])c1C)C(=O)OCC. The molecule has 0 saturated heterocycles. The van der Waals surface area contributed by atoms with Crippen LogP contribution >= 0.6 is 0 Å². The van der Waals surface area contributed by atoms with E-state index in [2.05, 4.69) is 5.32 Å². The second kappa shape index (κ2) is 8.21. The van der Waals surface area contributed by atoms with Gasteiger partial charge in [0.25, 0.3) is 5.69 Å². The first-order valence-corrected chi connectivity index (χ1v) is 6.78. The number of carbonyl (C=O) groups is 1. The Kier molecular flexibility index (Phi) is 6.61. The fourth-order valence-corrected chi connectivity index (χ4v) is 1.83. The fraction of sp³-hybridized carbons (Fsp3) is 0.500. The molecule has 0 aromatic heterocycles. The lowest BCUT2D eigenvalue weighted by atomic mass is 10.2. The van der Waals surface area contributed by atoms with Crippen molar-refractivity contribution in [1.82, 2.24) is 5.32 Å². The molecule has 116 valence electrons. The first kappa shape index (κ1) is 16.9. The largest absolute Gasteiger partial charge is 0.491 e. The molecule has 0 spiro atoms. The Morgan fingerprint density at radius 3 is 2.71 bits per heavy atom. The summed E-state index contributed by atoms with van der Waals surface area (Å²) in [6.45, 7) is 6.13. The van der Waals surface area contributed by atoms with Crippen LogP contribution in [-0.4, -0.2) is 36.7 Å². The van der Waals surface area contributed by atoms with Crippen molar-refractivity contribution in [3.8, 4) is 5.75 Å². The van der Waals surface area contributed by atoms with Crippen LogP contribution in [0.15, 0.2) is 18.2 Å². The van der Waals surface area contributed by atoms with E-state index in [1.165, 1.54) is 6.07 Å². The number of carbonyl (C=O) groups excluding carboxylic acids is 1. The maximum Gasteiger partial charge on any atom is 0.326 e. The van der Waals surface area contributed by atoms with Crippen LogP contribution < -0.4 is 10.1 Å². The molecule has 21 heavy (non-hydrogen) atoms. The van der Waals surface area contributed by atoms with E-state index < -0.39 is 16.9 Å². The van der Waals surface area contributed by atoms with Gasteiger partial charge in [0.05, 0.1) is 17.1 Å². The molecular formula is C14H20N2O5. The average molecular weight is 296 g/mol. The van der Waals surface area contributed by atoms with Gasteiger partial charge in [0, 0.05) is 6.07 Å². The number of benzene rings is 1. The standard InChI is InChI=1S/C14H20N2O5/c1-4-15-11(14(17)20-5-2)9-21-13-8-6-7-12(10(13)3)16(18)19/h6-8,11,15H,4-5,9H2,1-3H3. The van der Waals surface area contributed by atoms with Crippen LogP contribution in [0.3, 0.4) is 0 Å². The summed E-state index contributed by atoms with van der Waals surface area (Å²) in [6.07, 6.45) is 0. The van der Waals surface area contributed by atoms with Crippen molar-refractivity contribution in [2.75, 3.05) is 19.8 Å². The van der Waals surface area contributed by atoms with E-state index in [4.69, 9.17) is 9.47 Å². The highest BCUT2D eigenvalue weighted by Gasteiger charge is 2.21. The lowest BCUT2D eigenvalue weighted by molar-refractivity contribution is -0.385. The number of nitro groups is 1. The van der Waals surface area contributed by atoms with E-state index in [0.29, 0.717) is 17.9 Å². The van der Waals surface area contributed by atoms with Crippen LogP contribution in [0.25, 0.3) is 0 Å². The molecule has 0 saturated carbocycles. The first-order chi connectivity index (χ1) is 10.0. The summed E-state index contributed by atoms with van der Waals surface area (Å²) in [7, 11) is 0. The molecule has 1 aromatic rings. The zero-order valence-electron chi connectivity index (χ0n) is 12.4. The number of esters is 1. The Morgan fingerprint density at radius 1 is 1.43 bits per heavy atom. The molecule has 1 rings (SSSR count). The highest BCUT2D eigenvalue weighted by atomic mass is 16.6. The molecule has 7 nitrogen and oxygen atoms in total. The van der Waals surface area contributed by atoms with Crippen molar-refractivity contribution in [3.63, 3.8) is 0 Å². The molecule has 0 amide bonds. The van der Waals surface area contributed by atoms with Gasteiger partial charge in [0.1, 0.15) is 18.4 Å². The van der Waals surface area contributed by atoms with Gasteiger partial charge in [0.2, 0.25) is 0 Å². The lowest BCUT2D eigenvalue weighted by Crippen LogP contribution is -2.42. The summed E-state index contributed by atoms with van der Waals surface area (Å²) in [4.78, 5) is 22.2. The summed E-state index contributed by atoms with van der Waals surface area (Å²) in [5, 5.41) is 13.8. The first-order valence-electron chi connectivity index (χ1n) is 6.78. The third-order valence-corrected chi connectivity index (χ3v) is 2.88. The highest BCUT2D eigenvalue weighted by molar-refractivity contribution is 5.76. The predicted molar refractivity (Wildman–Crippen MR) is 77.4 cm³/mol. The topological polar surface area (TPSA) is 90.7 Å². The summed E-state index contributed by atoms with van der Waals surface area (Å²) >= 11 is 0. The maximum atomic E-state index is 11.7. The molecule has 1 aromatic carbocycles. The molecule has 0 fully saturated rings. The Morgan fingerprint density at radius 2 is 2.14 bits per heavy atom. The second-order valence-corrected chi connectivity index (χ2v) is 4.33. The number of nitrogens with zero attached hydrogens (tertiary/aromatic N) is 1. The van der Waals surface area contributed by atoms with Gasteiger partial charge in [-0.15, -0.1) is 0 Å². The second-order valence-electron chi connectivity index (χ2n) is 4.33. The van der Waals surface area contributed by atoms with Gasteiger partial charge in [-0.3, -0.25) is 14.9 Å². The monoisotopic (exact) mass is 296 g/mol. The van der Waals surface area contributed by atoms with Crippen LogP contribution in [0, 0.1) is 17.0 Å². The van der Waals surface area contributed by atoms with Crippen molar-refractivity contribution in [2.45, 2.75) is 26.8 Å². The Balaban J connectivity index is 2.78. The van der Waals surface area contributed by atoms with Crippen LogP contribution in [0.1, 0.15) is 19.4 Å². The number of rotatable bonds is 8. The van der Waals surface area contributed by atoms with E-state index in [1.807, 2.05) is 6.92 Å².